The molecule has 0 aliphatic carbocycles. The molecule has 1 saturated heterocycles. The summed E-state index contributed by atoms with van der Waals surface area (Å²) >= 11 is 0. The predicted octanol–water partition coefficient (Wildman–Crippen LogP) is 2.00. The molecule has 0 N–H and O–H groups in total. The average Bonchev–Trinajstić information content (AvgIpc) is 2.96. The number of nitrogens with zero attached hydrogens (tertiary/aromatic N) is 3. The number of rotatable bonds is 3. The molecule has 2 aromatic rings. The molecule has 2 aliphatic heterocycles. The fourth-order valence-electron chi connectivity index (χ4n) is 3.65. The van der Waals surface area contributed by atoms with Gasteiger partial charge in [0.05, 0.1) is 23.0 Å². The van der Waals surface area contributed by atoms with Crippen molar-refractivity contribution in [2.75, 3.05) is 16.4 Å². The zero-order valence-corrected chi connectivity index (χ0v) is 16.1. The number of anilines is 1. The van der Waals surface area contributed by atoms with Crippen LogP contribution in [0.25, 0.3) is 0 Å². The predicted molar refractivity (Wildman–Crippen MR) is 105 cm³/mol. The third-order valence-electron chi connectivity index (χ3n) is 5.11. The van der Waals surface area contributed by atoms with E-state index in [4.69, 9.17) is 0 Å². The summed E-state index contributed by atoms with van der Waals surface area (Å²) in [5.41, 5.74) is 0.219. The SMILES string of the molecule is C[C@]1(N=CC2C(=O)N(c3ccccn3)C(=O)c3ccccc32)CCS(=O)(=O)C1. The fourth-order valence-corrected chi connectivity index (χ4v) is 5.71. The van der Waals surface area contributed by atoms with Crippen LogP contribution in [0, 0.1) is 0 Å². The van der Waals surface area contributed by atoms with Crippen molar-refractivity contribution in [3.8, 4) is 0 Å². The Labute approximate surface area is 163 Å². The third kappa shape index (κ3) is 3.24. The van der Waals surface area contributed by atoms with Gasteiger partial charge in [0.2, 0.25) is 5.91 Å². The van der Waals surface area contributed by atoms with Gasteiger partial charge in [0.15, 0.2) is 9.84 Å². The summed E-state index contributed by atoms with van der Waals surface area (Å²) in [4.78, 5) is 35.8. The number of carbonyl (C=O) groups is 2. The van der Waals surface area contributed by atoms with E-state index in [0.717, 1.165) is 4.90 Å². The summed E-state index contributed by atoms with van der Waals surface area (Å²) in [5, 5.41) is 0. The van der Waals surface area contributed by atoms with Crippen LogP contribution in [-0.2, 0) is 14.6 Å². The Balaban J connectivity index is 1.76. The molecule has 0 spiro atoms. The number of hydrogen-bond acceptors (Lipinski definition) is 6. The highest BCUT2D eigenvalue weighted by Gasteiger charge is 2.41. The first-order chi connectivity index (χ1) is 13.3. The first-order valence-corrected chi connectivity index (χ1v) is 10.8. The quantitative estimate of drug-likeness (QED) is 0.583. The first-order valence-electron chi connectivity index (χ1n) is 8.94. The van der Waals surface area contributed by atoms with E-state index < -0.39 is 33.1 Å². The second-order valence-electron chi connectivity index (χ2n) is 7.35. The summed E-state index contributed by atoms with van der Waals surface area (Å²) in [6, 6.07) is 11.9. The highest BCUT2D eigenvalue weighted by Crippen LogP contribution is 2.33. The van der Waals surface area contributed by atoms with Crippen LogP contribution in [0.4, 0.5) is 5.82 Å². The monoisotopic (exact) mass is 397 g/mol. The zero-order valence-electron chi connectivity index (χ0n) is 15.3. The molecule has 2 amide bonds. The van der Waals surface area contributed by atoms with Crippen molar-refractivity contribution >= 4 is 33.7 Å². The summed E-state index contributed by atoms with van der Waals surface area (Å²) in [6.07, 6.45) is 3.42. The van der Waals surface area contributed by atoms with E-state index in [1.165, 1.54) is 12.4 Å². The summed E-state index contributed by atoms with van der Waals surface area (Å²) in [5.74, 6) is -1.36. The number of imide groups is 1. The number of hydrogen-bond donors (Lipinski definition) is 0. The van der Waals surface area contributed by atoms with Crippen LogP contribution in [0.1, 0.15) is 35.2 Å². The van der Waals surface area contributed by atoms with Crippen molar-refractivity contribution in [2.45, 2.75) is 24.8 Å². The van der Waals surface area contributed by atoms with Crippen LogP contribution in [-0.4, -0.2) is 48.5 Å². The Morgan fingerprint density at radius 3 is 2.61 bits per heavy atom. The Kier molecular flexibility index (Phi) is 4.38. The van der Waals surface area contributed by atoms with E-state index in [-0.39, 0.29) is 17.3 Å². The van der Waals surface area contributed by atoms with Gasteiger partial charge in [-0.2, -0.15) is 0 Å². The number of amides is 2. The van der Waals surface area contributed by atoms with Gasteiger partial charge in [0.25, 0.3) is 5.91 Å². The van der Waals surface area contributed by atoms with E-state index >= 15 is 0 Å². The van der Waals surface area contributed by atoms with E-state index in [2.05, 4.69) is 9.98 Å². The number of sulfone groups is 1. The zero-order chi connectivity index (χ0) is 19.9. The maximum atomic E-state index is 13.2. The Morgan fingerprint density at radius 1 is 1.18 bits per heavy atom. The largest absolute Gasteiger partial charge is 0.289 e. The molecule has 1 fully saturated rings. The van der Waals surface area contributed by atoms with Gasteiger partial charge in [-0.25, -0.2) is 18.3 Å². The number of benzene rings is 1. The lowest BCUT2D eigenvalue weighted by atomic mass is 9.89. The molecular weight excluding hydrogens is 378 g/mol. The van der Waals surface area contributed by atoms with Crippen molar-refractivity contribution in [1.82, 2.24) is 4.98 Å². The van der Waals surface area contributed by atoms with E-state index in [9.17, 15) is 18.0 Å². The topological polar surface area (TPSA) is 96.8 Å². The summed E-state index contributed by atoms with van der Waals surface area (Å²) in [6.45, 7) is 1.77. The van der Waals surface area contributed by atoms with Crippen LogP contribution in [0.2, 0.25) is 0 Å². The molecule has 1 aromatic heterocycles. The van der Waals surface area contributed by atoms with E-state index in [0.29, 0.717) is 17.5 Å². The number of carbonyl (C=O) groups excluding carboxylic acids is 2. The molecule has 0 saturated carbocycles. The van der Waals surface area contributed by atoms with Crippen LogP contribution < -0.4 is 4.90 Å². The highest BCUT2D eigenvalue weighted by atomic mass is 32.2. The molecule has 0 radical (unpaired) electrons. The van der Waals surface area contributed by atoms with Crippen LogP contribution >= 0.6 is 0 Å². The normalized spacial score (nSPS) is 26.6. The smallest absolute Gasteiger partial charge is 0.266 e. The van der Waals surface area contributed by atoms with Crippen molar-refractivity contribution in [3.63, 3.8) is 0 Å². The maximum Gasteiger partial charge on any atom is 0.266 e. The average molecular weight is 397 g/mol. The molecule has 28 heavy (non-hydrogen) atoms. The van der Waals surface area contributed by atoms with E-state index in [1.54, 1.807) is 49.4 Å². The molecule has 144 valence electrons. The lowest BCUT2D eigenvalue weighted by Crippen LogP contribution is -2.46. The van der Waals surface area contributed by atoms with Gasteiger partial charge < -0.3 is 0 Å². The molecule has 8 heteroatoms. The third-order valence-corrected chi connectivity index (χ3v) is 7.00. The van der Waals surface area contributed by atoms with Gasteiger partial charge in [-0.3, -0.25) is 14.6 Å². The molecule has 3 heterocycles. The molecule has 1 unspecified atom stereocenters. The van der Waals surface area contributed by atoms with Crippen LogP contribution in [0.5, 0.6) is 0 Å². The molecule has 0 bridgehead atoms. The van der Waals surface area contributed by atoms with Crippen molar-refractivity contribution in [2.24, 2.45) is 4.99 Å². The second-order valence-corrected chi connectivity index (χ2v) is 9.53. The van der Waals surface area contributed by atoms with Crippen molar-refractivity contribution in [3.05, 3.63) is 59.8 Å². The number of aromatic nitrogens is 1. The standard InChI is InChI=1S/C20H19N3O4S/c1-20(9-11-28(26,27)13-20)22-12-16-14-6-2-3-7-15(14)18(24)23(19(16)25)17-8-4-5-10-21-17/h2-8,10,12,16H,9,11,13H2,1H3/t16?,20-/m0/s1. The minimum atomic E-state index is -3.12. The van der Waals surface area contributed by atoms with Gasteiger partial charge in [-0.05, 0) is 37.1 Å². The van der Waals surface area contributed by atoms with Crippen molar-refractivity contribution < 1.29 is 18.0 Å². The fraction of sp³-hybridized carbons (Fsp3) is 0.300. The Morgan fingerprint density at radius 2 is 1.93 bits per heavy atom. The lowest BCUT2D eigenvalue weighted by molar-refractivity contribution is -0.118. The van der Waals surface area contributed by atoms with Gasteiger partial charge in [0, 0.05) is 18.0 Å². The summed E-state index contributed by atoms with van der Waals surface area (Å²) < 4.78 is 23.7. The van der Waals surface area contributed by atoms with Gasteiger partial charge in [0.1, 0.15) is 5.82 Å². The Bertz CT molecular complexity index is 1080. The molecule has 2 atom stereocenters. The lowest BCUT2D eigenvalue weighted by Gasteiger charge is -2.30. The minimum Gasteiger partial charge on any atom is -0.289 e. The number of fused-ring (bicyclic) bond motifs is 1. The van der Waals surface area contributed by atoms with Crippen LogP contribution in [0.3, 0.4) is 0 Å². The van der Waals surface area contributed by atoms with Crippen LogP contribution in [0.15, 0.2) is 53.7 Å². The van der Waals surface area contributed by atoms with E-state index in [1.807, 2.05) is 0 Å². The molecule has 7 nitrogen and oxygen atoms in total. The van der Waals surface area contributed by atoms with Gasteiger partial charge in [-0.1, -0.05) is 24.3 Å². The maximum absolute atomic E-state index is 13.2. The first kappa shape index (κ1) is 18.5. The molecule has 1 aromatic carbocycles. The minimum absolute atomic E-state index is 0.0397. The summed E-state index contributed by atoms with van der Waals surface area (Å²) in [7, 11) is -3.12. The number of aliphatic imine (C=N–C) groups is 1. The second kappa shape index (κ2) is 6.63. The van der Waals surface area contributed by atoms with Gasteiger partial charge >= 0.3 is 0 Å². The molecule has 2 aliphatic rings. The number of pyridine rings is 1. The van der Waals surface area contributed by atoms with Gasteiger partial charge in [-0.15, -0.1) is 0 Å². The highest BCUT2D eigenvalue weighted by molar-refractivity contribution is 7.91. The molecular formula is C20H19N3O4S. The Hall–Kier alpha value is -2.87. The molecule has 4 rings (SSSR count). The van der Waals surface area contributed by atoms with Crippen molar-refractivity contribution in [1.29, 1.82) is 0 Å².